The van der Waals surface area contributed by atoms with Crippen LogP contribution in [0.2, 0.25) is 0 Å². The largest absolute Gasteiger partial charge is 0.481 e. The maximum absolute atomic E-state index is 12.6. The summed E-state index contributed by atoms with van der Waals surface area (Å²) in [5, 5.41) is 17.9. The molecule has 2 fully saturated rings. The average molecular weight is 293 g/mol. The van der Waals surface area contributed by atoms with Crippen LogP contribution in [0.15, 0.2) is 0 Å². The van der Waals surface area contributed by atoms with Gasteiger partial charge in [-0.2, -0.15) is 5.26 Å². The van der Waals surface area contributed by atoms with Crippen molar-refractivity contribution >= 4 is 11.9 Å². The number of hydrogen-bond acceptors (Lipinski definition) is 4. The van der Waals surface area contributed by atoms with E-state index >= 15 is 0 Å². The smallest absolute Gasteiger partial charge is 0.307 e. The number of carbonyl (C=O) groups is 2. The van der Waals surface area contributed by atoms with Gasteiger partial charge in [-0.25, -0.2) is 0 Å². The molecule has 0 aromatic heterocycles. The summed E-state index contributed by atoms with van der Waals surface area (Å²) in [4.78, 5) is 27.9. The van der Waals surface area contributed by atoms with Gasteiger partial charge in [-0.15, -0.1) is 0 Å². The summed E-state index contributed by atoms with van der Waals surface area (Å²) < 4.78 is 0. The number of carboxylic acid groups (broad SMARTS) is 1. The van der Waals surface area contributed by atoms with Crippen molar-refractivity contribution < 1.29 is 14.7 Å². The van der Waals surface area contributed by atoms with Crippen LogP contribution in [-0.2, 0) is 9.59 Å². The zero-order valence-electron chi connectivity index (χ0n) is 12.3. The lowest BCUT2D eigenvalue weighted by Crippen LogP contribution is -2.52. The van der Waals surface area contributed by atoms with E-state index in [4.69, 9.17) is 5.26 Å². The van der Waals surface area contributed by atoms with Crippen LogP contribution in [0.25, 0.3) is 0 Å². The SMILES string of the molecule is N#CCCN1CCN(C(=O)[C@@H]2CCCC[C@@H]2C(=O)O)CC1. The van der Waals surface area contributed by atoms with Gasteiger partial charge in [0.15, 0.2) is 0 Å². The number of nitrogens with zero attached hydrogens (tertiary/aromatic N) is 3. The zero-order chi connectivity index (χ0) is 15.2. The van der Waals surface area contributed by atoms with Crippen LogP contribution in [0, 0.1) is 23.2 Å². The Morgan fingerprint density at radius 1 is 1.10 bits per heavy atom. The van der Waals surface area contributed by atoms with Gasteiger partial charge in [0.05, 0.1) is 17.9 Å². The molecule has 0 aromatic carbocycles. The molecule has 1 aliphatic carbocycles. The molecule has 1 amide bonds. The number of rotatable bonds is 4. The Morgan fingerprint density at radius 2 is 1.71 bits per heavy atom. The van der Waals surface area contributed by atoms with Gasteiger partial charge in [0.1, 0.15) is 0 Å². The van der Waals surface area contributed by atoms with Crippen LogP contribution in [-0.4, -0.2) is 59.5 Å². The average Bonchev–Trinajstić information content (AvgIpc) is 2.52. The topological polar surface area (TPSA) is 84.6 Å². The molecular formula is C15H23N3O3. The Balaban J connectivity index is 1.89. The van der Waals surface area contributed by atoms with Crippen LogP contribution in [0.1, 0.15) is 32.1 Å². The maximum atomic E-state index is 12.6. The highest BCUT2D eigenvalue weighted by molar-refractivity contribution is 5.85. The Bertz CT molecular complexity index is 424. The van der Waals surface area contributed by atoms with Crippen LogP contribution in [0.4, 0.5) is 0 Å². The molecule has 1 aliphatic heterocycles. The van der Waals surface area contributed by atoms with Gasteiger partial charge in [-0.05, 0) is 12.8 Å². The van der Waals surface area contributed by atoms with Crippen molar-refractivity contribution in [2.24, 2.45) is 11.8 Å². The number of carboxylic acids is 1. The predicted octanol–water partition coefficient (Wildman–Crippen LogP) is 0.935. The second-order valence-corrected chi connectivity index (χ2v) is 5.91. The Morgan fingerprint density at radius 3 is 2.29 bits per heavy atom. The first-order valence-corrected chi connectivity index (χ1v) is 7.74. The van der Waals surface area contributed by atoms with Gasteiger partial charge in [0, 0.05) is 39.1 Å². The second kappa shape index (κ2) is 7.41. The number of carbonyl (C=O) groups excluding carboxylic acids is 1. The van der Waals surface area contributed by atoms with Gasteiger partial charge < -0.3 is 10.0 Å². The molecule has 0 spiro atoms. The zero-order valence-corrected chi connectivity index (χ0v) is 12.3. The third kappa shape index (κ3) is 3.94. The van der Waals surface area contributed by atoms with Gasteiger partial charge in [-0.1, -0.05) is 12.8 Å². The lowest BCUT2D eigenvalue weighted by molar-refractivity contribution is -0.153. The molecule has 1 saturated carbocycles. The molecule has 0 bridgehead atoms. The molecule has 6 heteroatoms. The summed E-state index contributed by atoms with van der Waals surface area (Å²) in [5.74, 6) is -1.67. The number of piperazine rings is 1. The molecule has 1 heterocycles. The normalized spacial score (nSPS) is 27.1. The first kappa shape index (κ1) is 15.8. The number of hydrogen-bond donors (Lipinski definition) is 1. The fraction of sp³-hybridized carbons (Fsp3) is 0.800. The lowest BCUT2D eigenvalue weighted by atomic mass is 9.78. The van der Waals surface area contributed by atoms with E-state index in [9.17, 15) is 14.7 Å². The Kier molecular flexibility index (Phi) is 5.57. The molecule has 21 heavy (non-hydrogen) atoms. The van der Waals surface area contributed by atoms with Gasteiger partial charge in [0.25, 0.3) is 0 Å². The summed E-state index contributed by atoms with van der Waals surface area (Å²) in [5.41, 5.74) is 0. The minimum atomic E-state index is -0.833. The highest BCUT2D eigenvalue weighted by Crippen LogP contribution is 2.32. The second-order valence-electron chi connectivity index (χ2n) is 5.91. The Labute approximate surface area is 125 Å². The molecule has 0 aromatic rings. The lowest BCUT2D eigenvalue weighted by Gasteiger charge is -2.38. The maximum Gasteiger partial charge on any atom is 0.307 e. The molecule has 1 N–H and O–H groups in total. The van der Waals surface area contributed by atoms with E-state index in [0.29, 0.717) is 32.4 Å². The highest BCUT2D eigenvalue weighted by atomic mass is 16.4. The van der Waals surface area contributed by atoms with E-state index in [0.717, 1.165) is 32.5 Å². The first-order valence-electron chi connectivity index (χ1n) is 7.74. The van der Waals surface area contributed by atoms with Crippen LogP contribution >= 0.6 is 0 Å². The van der Waals surface area contributed by atoms with Crippen LogP contribution in [0.5, 0.6) is 0 Å². The molecule has 2 aliphatic rings. The van der Waals surface area contributed by atoms with Crippen molar-refractivity contribution in [3.8, 4) is 6.07 Å². The van der Waals surface area contributed by atoms with Crippen molar-refractivity contribution in [3.05, 3.63) is 0 Å². The van der Waals surface area contributed by atoms with Crippen molar-refractivity contribution in [1.82, 2.24) is 9.80 Å². The molecule has 6 nitrogen and oxygen atoms in total. The van der Waals surface area contributed by atoms with Crippen molar-refractivity contribution in [2.75, 3.05) is 32.7 Å². The van der Waals surface area contributed by atoms with Gasteiger partial charge in [0.2, 0.25) is 5.91 Å². The first-order chi connectivity index (χ1) is 10.1. The van der Waals surface area contributed by atoms with Crippen LogP contribution < -0.4 is 0 Å². The van der Waals surface area contributed by atoms with E-state index in [1.807, 2.05) is 4.90 Å². The van der Waals surface area contributed by atoms with Gasteiger partial charge in [-0.3, -0.25) is 14.5 Å². The summed E-state index contributed by atoms with van der Waals surface area (Å²) >= 11 is 0. The number of amides is 1. The molecule has 116 valence electrons. The van der Waals surface area contributed by atoms with E-state index in [1.54, 1.807) is 0 Å². The quantitative estimate of drug-likeness (QED) is 0.833. The molecule has 2 rings (SSSR count). The minimum absolute atomic E-state index is 0.0158. The molecular weight excluding hydrogens is 270 g/mol. The molecule has 1 saturated heterocycles. The van der Waals surface area contributed by atoms with Crippen LogP contribution in [0.3, 0.4) is 0 Å². The van der Waals surface area contributed by atoms with E-state index in [1.165, 1.54) is 0 Å². The molecule has 2 atom stereocenters. The third-order valence-electron chi connectivity index (χ3n) is 4.62. The van der Waals surface area contributed by atoms with E-state index < -0.39 is 11.9 Å². The number of aliphatic carboxylic acids is 1. The van der Waals surface area contributed by atoms with Crippen molar-refractivity contribution in [1.29, 1.82) is 5.26 Å². The Hall–Kier alpha value is -1.61. The fourth-order valence-corrected chi connectivity index (χ4v) is 3.36. The standard InChI is InChI=1S/C15H23N3O3/c16-6-3-7-17-8-10-18(11-9-17)14(19)12-4-1-2-5-13(12)15(20)21/h12-13H,1-5,7-11H2,(H,20,21)/t12-,13+/m1/s1. The molecule has 0 unspecified atom stereocenters. The third-order valence-corrected chi connectivity index (χ3v) is 4.62. The molecule has 0 radical (unpaired) electrons. The monoisotopic (exact) mass is 293 g/mol. The van der Waals surface area contributed by atoms with E-state index in [2.05, 4.69) is 11.0 Å². The fourth-order valence-electron chi connectivity index (χ4n) is 3.36. The highest BCUT2D eigenvalue weighted by Gasteiger charge is 2.38. The summed E-state index contributed by atoms with van der Waals surface area (Å²) in [7, 11) is 0. The minimum Gasteiger partial charge on any atom is -0.481 e. The van der Waals surface area contributed by atoms with Crippen molar-refractivity contribution in [3.63, 3.8) is 0 Å². The van der Waals surface area contributed by atoms with E-state index in [-0.39, 0.29) is 11.8 Å². The summed E-state index contributed by atoms with van der Waals surface area (Å²) in [6.45, 7) is 3.59. The van der Waals surface area contributed by atoms with Crippen molar-refractivity contribution in [2.45, 2.75) is 32.1 Å². The van der Waals surface area contributed by atoms with Gasteiger partial charge >= 0.3 is 5.97 Å². The summed E-state index contributed by atoms with van der Waals surface area (Å²) in [6, 6.07) is 2.13. The number of nitriles is 1. The summed E-state index contributed by atoms with van der Waals surface area (Å²) in [6.07, 6.45) is 3.68. The predicted molar refractivity (Wildman–Crippen MR) is 76.3 cm³/mol.